The largest absolute Gasteiger partial charge is 0.467 e. The molecular weight excluding hydrogens is 443 g/mol. The van der Waals surface area contributed by atoms with Crippen LogP contribution in [0.15, 0.2) is 24.4 Å². The normalized spacial score (nSPS) is 16.6. The second kappa shape index (κ2) is 9.20. The number of piperidine rings is 1. The molecule has 2 heterocycles. The lowest BCUT2D eigenvalue weighted by Crippen LogP contribution is -2.40. The van der Waals surface area contributed by atoms with E-state index in [0.717, 1.165) is 0 Å². The number of aromatic nitrogens is 2. The number of imide groups is 1. The number of methoxy groups -OCH3 is 1. The third kappa shape index (κ3) is 4.97. The van der Waals surface area contributed by atoms with Crippen LogP contribution >= 0.6 is 23.2 Å². The van der Waals surface area contributed by atoms with Crippen molar-refractivity contribution in [3.63, 3.8) is 0 Å². The van der Waals surface area contributed by atoms with E-state index >= 15 is 0 Å². The van der Waals surface area contributed by atoms with Crippen LogP contribution in [0.4, 0.5) is 0 Å². The molecule has 1 aliphatic rings. The quantitative estimate of drug-likeness (QED) is 0.635. The Morgan fingerprint density at radius 3 is 2.58 bits per heavy atom. The Morgan fingerprint density at radius 2 is 1.97 bits per heavy atom. The summed E-state index contributed by atoms with van der Waals surface area (Å²) in [4.78, 5) is 44.6. The number of rotatable bonds is 6. The minimum atomic E-state index is -0.934. The highest BCUT2D eigenvalue weighted by molar-refractivity contribution is 6.36. The Morgan fingerprint density at radius 1 is 1.29 bits per heavy atom. The first-order chi connectivity index (χ1) is 14.6. The maximum Gasteiger partial charge on any atom is 0.316 e. The smallest absolute Gasteiger partial charge is 0.316 e. The number of halogens is 2. The molecule has 1 aromatic carbocycles. The lowest BCUT2D eigenvalue weighted by atomic mass is 9.87. The second-order valence-corrected chi connectivity index (χ2v) is 8.53. The third-order valence-electron chi connectivity index (χ3n) is 5.20. The third-order valence-corrected chi connectivity index (χ3v) is 5.83. The molecule has 8 nitrogen and oxygen atoms in total. The summed E-state index contributed by atoms with van der Waals surface area (Å²) in [6.07, 6.45) is 2.10. The van der Waals surface area contributed by atoms with Gasteiger partial charge < -0.3 is 10.1 Å². The van der Waals surface area contributed by atoms with Gasteiger partial charge in [-0.1, -0.05) is 23.2 Å². The summed E-state index contributed by atoms with van der Waals surface area (Å²) in [6, 6.07) is 5.16. The SMILES string of the molecule is COc1nccc(C(C)(C)C(=O)NCc2cc(Cl)c(C3CCC(=O)NC3=O)c(Cl)c2)n1. The van der Waals surface area contributed by atoms with Crippen molar-refractivity contribution in [2.24, 2.45) is 0 Å². The molecule has 1 unspecified atom stereocenters. The molecule has 0 spiro atoms. The Balaban J connectivity index is 1.74. The molecule has 0 aliphatic carbocycles. The number of nitrogens with one attached hydrogen (secondary N) is 2. The Kier molecular flexibility index (Phi) is 6.81. The number of ether oxygens (including phenoxy) is 1. The molecule has 2 aromatic rings. The van der Waals surface area contributed by atoms with Crippen LogP contribution in [0.3, 0.4) is 0 Å². The van der Waals surface area contributed by atoms with E-state index in [1.165, 1.54) is 13.3 Å². The van der Waals surface area contributed by atoms with Gasteiger partial charge in [-0.2, -0.15) is 4.98 Å². The average molecular weight is 465 g/mol. The van der Waals surface area contributed by atoms with E-state index < -0.39 is 17.2 Å². The van der Waals surface area contributed by atoms with Crippen molar-refractivity contribution in [3.8, 4) is 6.01 Å². The summed E-state index contributed by atoms with van der Waals surface area (Å²) in [7, 11) is 1.46. The first-order valence-corrected chi connectivity index (χ1v) is 10.4. The standard InChI is InChI=1S/C21H22Cl2N4O4/c1-21(2,15-6-7-24-20(26-15)31-3)19(30)25-10-11-8-13(22)17(14(23)9-11)12-4-5-16(28)27-18(12)29/h6-9,12H,4-5,10H2,1-3H3,(H,25,30)(H,27,28,29). The van der Waals surface area contributed by atoms with Crippen LogP contribution in [0.2, 0.25) is 10.0 Å². The Bertz CT molecular complexity index is 1020. The maximum absolute atomic E-state index is 12.8. The fourth-order valence-corrected chi connectivity index (χ4v) is 4.14. The highest BCUT2D eigenvalue weighted by atomic mass is 35.5. The van der Waals surface area contributed by atoms with Crippen LogP contribution in [-0.4, -0.2) is 34.8 Å². The molecule has 1 aliphatic heterocycles. The van der Waals surface area contributed by atoms with Gasteiger partial charge in [0, 0.05) is 34.8 Å². The van der Waals surface area contributed by atoms with Gasteiger partial charge in [0.25, 0.3) is 0 Å². The predicted octanol–water partition coefficient (Wildman–Crippen LogP) is 2.91. The summed E-state index contributed by atoms with van der Waals surface area (Å²) in [6.45, 7) is 3.67. The second-order valence-electron chi connectivity index (χ2n) is 7.71. The maximum atomic E-state index is 12.8. The molecule has 0 bridgehead atoms. The molecule has 1 saturated heterocycles. The molecule has 0 radical (unpaired) electrons. The van der Waals surface area contributed by atoms with Crippen LogP contribution in [-0.2, 0) is 26.3 Å². The number of carbonyl (C=O) groups is 3. The van der Waals surface area contributed by atoms with E-state index in [1.54, 1.807) is 32.0 Å². The Labute approximate surface area is 189 Å². The first-order valence-electron chi connectivity index (χ1n) is 9.60. The van der Waals surface area contributed by atoms with Gasteiger partial charge in [0.05, 0.1) is 24.1 Å². The molecule has 1 fully saturated rings. The van der Waals surface area contributed by atoms with Crippen LogP contribution in [0, 0.1) is 0 Å². The van der Waals surface area contributed by atoms with E-state index in [0.29, 0.717) is 33.3 Å². The Hall–Kier alpha value is -2.71. The van der Waals surface area contributed by atoms with E-state index in [1.807, 2.05) is 0 Å². The van der Waals surface area contributed by atoms with Crippen molar-refractivity contribution < 1.29 is 19.1 Å². The summed E-state index contributed by atoms with van der Waals surface area (Å²) < 4.78 is 5.03. The number of amides is 3. The number of nitrogens with zero attached hydrogens (tertiary/aromatic N) is 2. The molecule has 10 heteroatoms. The minimum absolute atomic E-state index is 0.180. The van der Waals surface area contributed by atoms with Crippen molar-refractivity contribution in [2.45, 2.75) is 44.6 Å². The molecule has 3 amide bonds. The fourth-order valence-electron chi connectivity index (χ4n) is 3.35. The number of hydrogen-bond acceptors (Lipinski definition) is 6. The molecule has 1 atom stereocenters. The molecular formula is C21H22Cl2N4O4. The van der Waals surface area contributed by atoms with E-state index in [4.69, 9.17) is 27.9 Å². The van der Waals surface area contributed by atoms with Gasteiger partial charge in [0.15, 0.2) is 0 Å². The highest BCUT2D eigenvalue weighted by Crippen LogP contribution is 2.37. The van der Waals surface area contributed by atoms with Gasteiger partial charge in [0.1, 0.15) is 0 Å². The van der Waals surface area contributed by atoms with Gasteiger partial charge in [-0.25, -0.2) is 4.98 Å². The van der Waals surface area contributed by atoms with Crippen molar-refractivity contribution in [1.29, 1.82) is 0 Å². The fraction of sp³-hybridized carbons (Fsp3) is 0.381. The van der Waals surface area contributed by atoms with Gasteiger partial charge in [-0.15, -0.1) is 0 Å². The van der Waals surface area contributed by atoms with Gasteiger partial charge in [-0.05, 0) is 44.0 Å². The lowest BCUT2D eigenvalue weighted by molar-refractivity contribution is -0.134. The predicted molar refractivity (Wildman–Crippen MR) is 115 cm³/mol. The topological polar surface area (TPSA) is 110 Å². The number of carbonyl (C=O) groups excluding carboxylic acids is 3. The zero-order valence-electron chi connectivity index (χ0n) is 17.3. The summed E-state index contributed by atoms with van der Waals surface area (Å²) in [5.74, 6) is -1.57. The van der Waals surface area contributed by atoms with E-state index in [9.17, 15) is 14.4 Å². The molecule has 0 saturated carbocycles. The molecule has 164 valence electrons. The highest BCUT2D eigenvalue weighted by Gasteiger charge is 2.33. The average Bonchev–Trinajstić information content (AvgIpc) is 2.73. The van der Waals surface area contributed by atoms with Crippen LogP contribution in [0.1, 0.15) is 49.4 Å². The summed E-state index contributed by atoms with van der Waals surface area (Å²) in [5.41, 5.74) is 0.740. The number of benzene rings is 1. The summed E-state index contributed by atoms with van der Waals surface area (Å²) in [5, 5.41) is 5.79. The molecule has 3 rings (SSSR count). The van der Waals surface area contributed by atoms with Gasteiger partial charge >= 0.3 is 6.01 Å². The van der Waals surface area contributed by atoms with Crippen molar-refractivity contribution in [1.82, 2.24) is 20.6 Å². The molecule has 31 heavy (non-hydrogen) atoms. The van der Waals surface area contributed by atoms with E-state index in [2.05, 4.69) is 20.6 Å². The van der Waals surface area contributed by atoms with E-state index in [-0.39, 0.29) is 30.8 Å². The molecule has 2 N–H and O–H groups in total. The minimum Gasteiger partial charge on any atom is -0.467 e. The first kappa shape index (κ1) is 23.0. The van der Waals surface area contributed by atoms with Gasteiger partial charge in [0.2, 0.25) is 17.7 Å². The monoisotopic (exact) mass is 464 g/mol. The summed E-state index contributed by atoms with van der Waals surface area (Å²) >= 11 is 12.8. The molecule has 1 aromatic heterocycles. The zero-order chi connectivity index (χ0) is 22.8. The van der Waals surface area contributed by atoms with Crippen LogP contribution in [0.5, 0.6) is 6.01 Å². The lowest BCUT2D eigenvalue weighted by Gasteiger charge is -2.24. The van der Waals surface area contributed by atoms with Crippen molar-refractivity contribution in [3.05, 3.63) is 51.3 Å². The van der Waals surface area contributed by atoms with Gasteiger partial charge in [-0.3, -0.25) is 19.7 Å². The van der Waals surface area contributed by atoms with Crippen LogP contribution < -0.4 is 15.4 Å². The van der Waals surface area contributed by atoms with Crippen molar-refractivity contribution in [2.75, 3.05) is 7.11 Å². The zero-order valence-corrected chi connectivity index (χ0v) is 18.8. The van der Waals surface area contributed by atoms with Crippen LogP contribution in [0.25, 0.3) is 0 Å². The van der Waals surface area contributed by atoms with Crippen molar-refractivity contribution >= 4 is 40.9 Å². The number of hydrogen-bond donors (Lipinski definition) is 2.